The number of rotatable bonds is 13. The molecule has 4 N–H and O–H groups in total. The van der Waals surface area contributed by atoms with Crippen LogP contribution in [0.2, 0.25) is 0 Å². The molecule has 0 radical (unpaired) electrons. The zero-order chi connectivity index (χ0) is 24.9. The van der Waals surface area contributed by atoms with Crippen molar-refractivity contribution in [2.75, 3.05) is 18.4 Å². The molecule has 0 spiro atoms. The number of carboxylic acids is 1. The lowest BCUT2D eigenvalue weighted by molar-refractivity contribution is -0.139. The van der Waals surface area contributed by atoms with E-state index in [1.54, 1.807) is 30.5 Å². The molecule has 2 amide bonds. The molecule has 1 aromatic carbocycles. The summed E-state index contributed by atoms with van der Waals surface area (Å²) in [5.41, 5.74) is 0.763. The van der Waals surface area contributed by atoms with Crippen molar-refractivity contribution in [1.29, 1.82) is 0 Å². The predicted molar refractivity (Wildman–Crippen MR) is 129 cm³/mol. The second-order valence-corrected chi connectivity index (χ2v) is 8.47. The number of aryl methyl sites for hydroxylation is 1. The number of nitrogens with zero attached hydrogens (tertiary/aromatic N) is 3. The number of unbranched alkanes of at least 4 members (excludes halogenated alkanes) is 1. The van der Waals surface area contributed by atoms with E-state index in [-0.39, 0.29) is 18.2 Å². The van der Waals surface area contributed by atoms with E-state index in [1.807, 2.05) is 24.3 Å². The first-order chi connectivity index (χ1) is 17.0. The van der Waals surface area contributed by atoms with Crippen LogP contribution in [0.1, 0.15) is 33.2 Å². The summed E-state index contributed by atoms with van der Waals surface area (Å²) in [6, 6.07) is 13.3. The van der Waals surface area contributed by atoms with Crippen LogP contribution in [0.15, 0.2) is 54.7 Å². The Morgan fingerprint density at radius 2 is 1.83 bits per heavy atom. The van der Waals surface area contributed by atoms with E-state index >= 15 is 0 Å². The number of aromatic nitrogens is 3. The topological polar surface area (TPSA) is 155 Å². The molecule has 0 unspecified atom stereocenters. The Balaban J connectivity index is 1.37. The van der Waals surface area contributed by atoms with Gasteiger partial charge in [-0.05, 0) is 30.5 Å². The minimum Gasteiger partial charge on any atom is -0.480 e. The maximum atomic E-state index is 12.4. The average molecular weight is 499 g/mol. The second kappa shape index (κ2) is 13.6. The largest absolute Gasteiger partial charge is 0.480 e. The van der Waals surface area contributed by atoms with E-state index in [2.05, 4.69) is 31.1 Å². The highest BCUT2D eigenvalue weighted by molar-refractivity contribution is 7.13. The maximum absolute atomic E-state index is 12.4. The van der Waals surface area contributed by atoms with Crippen LogP contribution in [-0.2, 0) is 22.6 Å². The van der Waals surface area contributed by atoms with Crippen molar-refractivity contribution in [1.82, 2.24) is 25.8 Å². The van der Waals surface area contributed by atoms with E-state index in [1.165, 1.54) is 0 Å². The molecule has 2 aromatic heterocycles. The van der Waals surface area contributed by atoms with Gasteiger partial charge in [-0.25, -0.2) is 14.6 Å². The number of carbonyl (C=O) groups is 3. The van der Waals surface area contributed by atoms with Gasteiger partial charge in [-0.1, -0.05) is 47.7 Å². The van der Waals surface area contributed by atoms with Gasteiger partial charge in [-0.2, -0.15) is 0 Å². The molecule has 0 aliphatic rings. The zero-order valence-corrected chi connectivity index (χ0v) is 19.7. The molecule has 0 saturated heterocycles. The van der Waals surface area contributed by atoms with E-state index in [9.17, 15) is 19.5 Å². The number of alkyl carbamates (subject to hydrolysis) is 1. The number of carbonyl (C=O) groups excluding carboxylic acids is 2. The van der Waals surface area contributed by atoms with Crippen molar-refractivity contribution in [2.45, 2.75) is 31.9 Å². The number of hydrogen-bond acceptors (Lipinski definition) is 9. The van der Waals surface area contributed by atoms with Crippen molar-refractivity contribution >= 4 is 35.1 Å². The molecule has 0 aliphatic heterocycles. The summed E-state index contributed by atoms with van der Waals surface area (Å²) in [7, 11) is 0. The lowest BCUT2D eigenvalue weighted by atomic mass is 10.2. The van der Waals surface area contributed by atoms with Gasteiger partial charge in [-0.3, -0.25) is 4.79 Å². The smallest absolute Gasteiger partial charge is 0.408 e. The number of carboxylic acid groups (broad SMARTS) is 1. The highest BCUT2D eigenvalue weighted by Crippen LogP contribution is 2.13. The Kier molecular flexibility index (Phi) is 9.93. The fourth-order valence-corrected chi connectivity index (χ4v) is 3.71. The third kappa shape index (κ3) is 9.01. The highest BCUT2D eigenvalue weighted by atomic mass is 32.1. The van der Waals surface area contributed by atoms with Gasteiger partial charge in [0.05, 0.1) is 0 Å². The fourth-order valence-electron chi connectivity index (χ4n) is 2.91. The SMILES string of the molecule is O=C(N[C@@H](CNC(=O)c1nnc(CCCCNc2ccccn2)s1)C(=O)O)OCc1ccccc1. The van der Waals surface area contributed by atoms with Crippen LogP contribution in [0.4, 0.5) is 10.6 Å². The number of anilines is 1. The minimum absolute atomic E-state index is 0.00185. The predicted octanol–water partition coefficient (Wildman–Crippen LogP) is 2.48. The summed E-state index contributed by atoms with van der Waals surface area (Å²) < 4.78 is 5.03. The Bertz CT molecular complexity index is 1100. The van der Waals surface area contributed by atoms with Crippen molar-refractivity contribution in [3.8, 4) is 0 Å². The van der Waals surface area contributed by atoms with E-state index in [0.717, 1.165) is 42.1 Å². The van der Waals surface area contributed by atoms with Gasteiger partial charge in [0.2, 0.25) is 5.01 Å². The third-order valence-corrected chi connectivity index (χ3v) is 5.70. The van der Waals surface area contributed by atoms with Crippen molar-refractivity contribution in [2.24, 2.45) is 0 Å². The van der Waals surface area contributed by atoms with Crippen LogP contribution in [0.25, 0.3) is 0 Å². The molecule has 12 heteroatoms. The van der Waals surface area contributed by atoms with Gasteiger partial charge in [-0.15, -0.1) is 10.2 Å². The van der Waals surface area contributed by atoms with Crippen LogP contribution in [0, 0.1) is 0 Å². The summed E-state index contributed by atoms with van der Waals surface area (Å²) >= 11 is 1.15. The molecule has 3 aromatic rings. The number of benzene rings is 1. The molecule has 35 heavy (non-hydrogen) atoms. The first-order valence-corrected chi connectivity index (χ1v) is 11.8. The molecule has 11 nitrogen and oxygen atoms in total. The van der Waals surface area contributed by atoms with Crippen molar-refractivity contribution in [3.05, 3.63) is 70.3 Å². The Morgan fingerprint density at radius 3 is 2.57 bits per heavy atom. The number of ether oxygens (including phenoxy) is 1. The Hall–Kier alpha value is -4.06. The van der Waals surface area contributed by atoms with Crippen LogP contribution >= 0.6 is 11.3 Å². The highest BCUT2D eigenvalue weighted by Gasteiger charge is 2.23. The molecule has 3 rings (SSSR count). The lowest BCUT2D eigenvalue weighted by Crippen LogP contribution is -2.48. The zero-order valence-electron chi connectivity index (χ0n) is 18.8. The molecule has 0 saturated carbocycles. The number of aliphatic carboxylic acids is 1. The van der Waals surface area contributed by atoms with Gasteiger partial charge < -0.3 is 25.8 Å². The molecule has 184 valence electrons. The molecule has 0 bridgehead atoms. The number of amides is 2. The molecule has 1 atom stereocenters. The third-order valence-electron chi connectivity index (χ3n) is 4.72. The molecule has 2 heterocycles. The molecular formula is C23H26N6O5S. The van der Waals surface area contributed by atoms with E-state index in [0.29, 0.717) is 11.4 Å². The first kappa shape index (κ1) is 25.6. The average Bonchev–Trinajstić information content (AvgIpc) is 3.35. The van der Waals surface area contributed by atoms with Crippen LogP contribution in [0.3, 0.4) is 0 Å². The van der Waals surface area contributed by atoms with Gasteiger partial charge >= 0.3 is 12.1 Å². The summed E-state index contributed by atoms with van der Waals surface area (Å²) in [6.07, 6.45) is 3.24. The van der Waals surface area contributed by atoms with Gasteiger partial charge in [0.1, 0.15) is 23.5 Å². The van der Waals surface area contributed by atoms with Gasteiger partial charge in [0.15, 0.2) is 0 Å². The van der Waals surface area contributed by atoms with Crippen LogP contribution in [0.5, 0.6) is 0 Å². The van der Waals surface area contributed by atoms with Gasteiger partial charge in [0.25, 0.3) is 5.91 Å². The van der Waals surface area contributed by atoms with Crippen molar-refractivity contribution in [3.63, 3.8) is 0 Å². The Labute approximate surface area is 206 Å². The lowest BCUT2D eigenvalue weighted by Gasteiger charge is -2.15. The molecule has 0 aliphatic carbocycles. The first-order valence-electron chi connectivity index (χ1n) is 11.0. The van der Waals surface area contributed by atoms with Crippen LogP contribution < -0.4 is 16.0 Å². The summed E-state index contributed by atoms with van der Waals surface area (Å²) in [4.78, 5) is 40.0. The van der Waals surface area contributed by atoms with E-state index < -0.39 is 24.0 Å². The quantitative estimate of drug-likeness (QED) is 0.260. The summed E-state index contributed by atoms with van der Waals surface area (Å²) in [5.74, 6) is -1.04. The number of nitrogens with one attached hydrogen (secondary N) is 3. The second-order valence-electron chi connectivity index (χ2n) is 7.41. The summed E-state index contributed by atoms with van der Waals surface area (Å²) in [6.45, 7) is 0.432. The standard InChI is InChI=1S/C23H26N6O5S/c30-20(21-29-28-19(35-21)11-5-7-13-25-18-10-4-6-12-24-18)26-14-17(22(31)32)27-23(33)34-15-16-8-2-1-3-9-16/h1-4,6,8-10,12,17H,5,7,11,13-15H2,(H,24,25)(H,26,30)(H,27,33)(H,31,32)/t17-/m0/s1. The maximum Gasteiger partial charge on any atom is 0.408 e. The molecule has 0 fully saturated rings. The number of hydrogen-bond donors (Lipinski definition) is 4. The molecular weight excluding hydrogens is 472 g/mol. The Morgan fingerprint density at radius 1 is 1.03 bits per heavy atom. The van der Waals surface area contributed by atoms with Gasteiger partial charge in [0, 0.05) is 25.7 Å². The van der Waals surface area contributed by atoms with E-state index in [4.69, 9.17) is 4.74 Å². The minimum atomic E-state index is -1.36. The van der Waals surface area contributed by atoms with Crippen molar-refractivity contribution < 1.29 is 24.2 Å². The fraction of sp³-hybridized carbons (Fsp3) is 0.304. The monoisotopic (exact) mass is 498 g/mol. The normalized spacial score (nSPS) is 11.3. The van der Waals surface area contributed by atoms with Crippen LogP contribution in [-0.4, -0.2) is 57.4 Å². The number of pyridine rings is 1. The summed E-state index contributed by atoms with van der Waals surface area (Å²) in [5, 5.41) is 26.0.